The summed E-state index contributed by atoms with van der Waals surface area (Å²) in [6, 6.07) is 5.71. The van der Waals surface area contributed by atoms with Gasteiger partial charge in [0, 0.05) is 36.1 Å². The molecule has 1 aliphatic carbocycles. The number of rotatable bonds is 10. The molecule has 4 aromatic rings. The monoisotopic (exact) mass is 546 g/mol. The van der Waals surface area contributed by atoms with Crippen molar-refractivity contribution >= 4 is 31.1 Å². The zero-order valence-electron chi connectivity index (χ0n) is 19.7. The molecule has 1 amide bonds. The third-order valence-electron chi connectivity index (χ3n) is 5.71. The summed E-state index contributed by atoms with van der Waals surface area (Å²) < 4.78 is 13.3. The van der Waals surface area contributed by atoms with Gasteiger partial charge in [0.15, 0.2) is 6.73 Å². The Balaban J connectivity index is 1.31. The topological polar surface area (TPSA) is 170 Å². The summed E-state index contributed by atoms with van der Waals surface area (Å²) in [5.41, 5.74) is 2.56. The fourth-order valence-electron chi connectivity index (χ4n) is 3.87. The van der Waals surface area contributed by atoms with E-state index in [2.05, 4.69) is 24.9 Å². The number of thiazole rings is 1. The first-order chi connectivity index (χ1) is 17.8. The van der Waals surface area contributed by atoms with Crippen LogP contribution in [0.4, 0.5) is 5.69 Å². The van der Waals surface area contributed by atoms with Crippen LogP contribution in [0.3, 0.4) is 0 Å². The maximum atomic E-state index is 13.1. The minimum absolute atomic E-state index is 0.186. The van der Waals surface area contributed by atoms with Crippen molar-refractivity contribution in [1.82, 2.24) is 29.5 Å². The molecule has 0 atom stereocenters. The van der Waals surface area contributed by atoms with Crippen molar-refractivity contribution in [2.24, 2.45) is 0 Å². The average molecular weight is 547 g/mol. The van der Waals surface area contributed by atoms with E-state index in [-0.39, 0.29) is 24.6 Å². The number of nitrogens with one attached hydrogen (secondary N) is 1. The number of ether oxygens (including phenoxy) is 1. The SMILES string of the molecule is CCOC1CC(n2cc(NC(=O)c3csc(-c4cnn(CO[P+](O)(O)O)c4)n3)c(-c3ccccn3)n2)C1. The van der Waals surface area contributed by atoms with E-state index in [4.69, 9.17) is 24.5 Å². The zero-order chi connectivity index (χ0) is 26.0. The van der Waals surface area contributed by atoms with Crippen LogP contribution in [0.25, 0.3) is 22.0 Å². The summed E-state index contributed by atoms with van der Waals surface area (Å²) in [7, 11) is -4.37. The standard InChI is InChI=1S/C22H24N7O6PS/c1-2-34-16-7-15(8-16)29-11-18(20(27-29)17-5-3-4-6-23-17)25-21(30)19-12-37-22(26-19)14-9-24-28(10-14)13-35-36(31,32)33/h3-6,9-12,15-16,31-33H,2,7-8,13H2,1H3/p+1. The molecule has 15 heteroatoms. The molecule has 0 bridgehead atoms. The van der Waals surface area contributed by atoms with E-state index in [9.17, 15) is 4.79 Å². The summed E-state index contributed by atoms with van der Waals surface area (Å²) in [6.07, 6.45) is 8.47. The fraction of sp³-hybridized carbons (Fsp3) is 0.318. The van der Waals surface area contributed by atoms with E-state index in [0.717, 1.165) is 12.8 Å². The molecule has 0 spiro atoms. The highest BCUT2D eigenvalue weighted by Crippen LogP contribution is 2.46. The van der Waals surface area contributed by atoms with Gasteiger partial charge < -0.3 is 10.1 Å². The van der Waals surface area contributed by atoms with Crippen molar-refractivity contribution in [1.29, 1.82) is 0 Å². The second-order valence-electron chi connectivity index (χ2n) is 8.32. The second kappa shape index (κ2) is 10.7. The Kier molecular flexibility index (Phi) is 7.40. The number of carbonyl (C=O) groups excluding carboxylic acids is 1. The van der Waals surface area contributed by atoms with E-state index in [1.807, 2.05) is 36.0 Å². The van der Waals surface area contributed by atoms with Crippen LogP contribution in [0.5, 0.6) is 0 Å². The lowest BCUT2D eigenvalue weighted by Crippen LogP contribution is -2.33. The van der Waals surface area contributed by atoms with Crippen LogP contribution in [0.2, 0.25) is 0 Å². The number of carbonyl (C=O) groups is 1. The third-order valence-corrected chi connectivity index (χ3v) is 7.07. The number of amides is 1. The smallest absolute Gasteiger partial charge is 0.378 e. The molecule has 0 saturated heterocycles. The zero-order valence-corrected chi connectivity index (χ0v) is 21.4. The third kappa shape index (κ3) is 6.08. The highest BCUT2D eigenvalue weighted by atomic mass is 32.1. The Hall–Kier alpha value is -3.10. The minimum atomic E-state index is -4.37. The quantitative estimate of drug-likeness (QED) is 0.217. The van der Waals surface area contributed by atoms with Crippen molar-refractivity contribution in [3.63, 3.8) is 0 Å². The summed E-state index contributed by atoms with van der Waals surface area (Å²) in [6.45, 7) is 2.30. The maximum absolute atomic E-state index is 13.1. The molecule has 5 rings (SSSR count). The number of nitrogens with zero attached hydrogens (tertiary/aromatic N) is 6. The first-order valence-corrected chi connectivity index (χ1v) is 13.9. The molecule has 1 saturated carbocycles. The van der Waals surface area contributed by atoms with Gasteiger partial charge in [-0.05, 0) is 31.9 Å². The lowest BCUT2D eigenvalue weighted by Gasteiger charge is -2.34. The molecule has 37 heavy (non-hydrogen) atoms. The molecule has 0 unspecified atom stereocenters. The van der Waals surface area contributed by atoms with Crippen LogP contribution in [0.1, 0.15) is 36.3 Å². The van der Waals surface area contributed by atoms with Gasteiger partial charge >= 0.3 is 8.17 Å². The Bertz CT molecular complexity index is 1360. The highest BCUT2D eigenvalue weighted by molar-refractivity contribution is 7.53. The molecule has 1 fully saturated rings. The van der Waals surface area contributed by atoms with Crippen LogP contribution in [0, 0.1) is 0 Å². The molecule has 1 aliphatic rings. The Morgan fingerprint density at radius 3 is 2.84 bits per heavy atom. The van der Waals surface area contributed by atoms with Crippen LogP contribution in [0.15, 0.2) is 48.4 Å². The molecule has 0 aliphatic heterocycles. The number of aromatic nitrogens is 6. The minimum Gasteiger partial charge on any atom is -0.378 e. The molecule has 13 nitrogen and oxygen atoms in total. The number of pyridine rings is 1. The first-order valence-electron chi connectivity index (χ1n) is 11.4. The molecule has 4 heterocycles. The summed E-state index contributed by atoms with van der Waals surface area (Å²) in [5, 5.41) is 13.8. The van der Waals surface area contributed by atoms with E-state index in [1.165, 1.54) is 22.2 Å². The van der Waals surface area contributed by atoms with Crippen molar-refractivity contribution in [2.75, 3.05) is 11.9 Å². The van der Waals surface area contributed by atoms with Gasteiger partial charge in [-0.2, -0.15) is 24.9 Å². The lowest BCUT2D eigenvalue weighted by atomic mass is 9.89. The summed E-state index contributed by atoms with van der Waals surface area (Å²) >= 11 is 1.25. The van der Waals surface area contributed by atoms with Crippen LogP contribution in [-0.2, 0) is 16.0 Å². The maximum Gasteiger partial charge on any atom is 0.569 e. The lowest BCUT2D eigenvalue weighted by molar-refractivity contribution is -0.0226. The first kappa shape index (κ1) is 25.5. The predicted molar refractivity (Wildman–Crippen MR) is 135 cm³/mol. The molecule has 4 aromatic heterocycles. The Morgan fingerprint density at radius 2 is 2.11 bits per heavy atom. The molecular weight excluding hydrogens is 521 g/mol. The van der Waals surface area contributed by atoms with Gasteiger partial charge in [-0.25, -0.2) is 9.67 Å². The van der Waals surface area contributed by atoms with Crippen molar-refractivity contribution in [3.8, 4) is 22.0 Å². The Morgan fingerprint density at radius 1 is 1.27 bits per heavy atom. The van der Waals surface area contributed by atoms with Crippen LogP contribution >= 0.6 is 19.5 Å². The highest BCUT2D eigenvalue weighted by Gasteiger charge is 2.34. The van der Waals surface area contributed by atoms with E-state index in [1.54, 1.807) is 17.8 Å². The second-order valence-corrected chi connectivity index (χ2v) is 10.5. The normalized spacial score (nSPS) is 17.5. The molecule has 194 valence electrons. The Labute approximate surface area is 216 Å². The van der Waals surface area contributed by atoms with E-state index in [0.29, 0.717) is 34.3 Å². The van der Waals surface area contributed by atoms with Gasteiger partial charge in [0.1, 0.15) is 16.4 Å². The largest absolute Gasteiger partial charge is 0.569 e. The van der Waals surface area contributed by atoms with Crippen molar-refractivity contribution in [3.05, 3.63) is 54.1 Å². The molecule has 4 N–H and O–H groups in total. The van der Waals surface area contributed by atoms with Gasteiger partial charge in [0.25, 0.3) is 5.91 Å². The van der Waals surface area contributed by atoms with E-state index < -0.39 is 14.1 Å². The van der Waals surface area contributed by atoms with Gasteiger partial charge in [-0.1, -0.05) is 6.07 Å². The number of hydrogen-bond donors (Lipinski definition) is 4. The van der Waals surface area contributed by atoms with Crippen LogP contribution < -0.4 is 5.32 Å². The van der Waals surface area contributed by atoms with Crippen molar-refractivity contribution in [2.45, 2.75) is 38.6 Å². The van der Waals surface area contributed by atoms with Gasteiger partial charge in [-0.3, -0.25) is 14.5 Å². The molecule has 0 aromatic carbocycles. The summed E-state index contributed by atoms with van der Waals surface area (Å²) in [5.74, 6) is -0.397. The van der Waals surface area contributed by atoms with Gasteiger partial charge in [0.2, 0.25) is 0 Å². The molecular formula is C22H25N7O6PS+. The fourth-order valence-corrected chi connectivity index (χ4v) is 4.91. The number of hydrogen-bond acceptors (Lipinski definition) is 11. The van der Waals surface area contributed by atoms with Crippen molar-refractivity contribution < 1.29 is 28.7 Å². The number of anilines is 1. The van der Waals surface area contributed by atoms with Gasteiger partial charge in [0.05, 0.1) is 29.7 Å². The van der Waals surface area contributed by atoms with Crippen LogP contribution in [-0.4, -0.2) is 62.8 Å². The predicted octanol–water partition coefficient (Wildman–Crippen LogP) is 2.89. The van der Waals surface area contributed by atoms with E-state index >= 15 is 0 Å². The van der Waals surface area contributed by atoms with Gasteiger partial charge in [-0.15, -0.1) is 15.9 Å². The summed E-state index contributed by atoms with van der Waals surface area (Å²) in [4.78, 5) is 48.8. The molecule has 0 radical (unpaired) electrons. The average Bonchev–Trinajstić information content (AvgIpc) is 3.59.